The molecule has 0 aliphatic heterocycles. The van der Waals surface area contributed by atoms with Crippen molar-refractivity contribution >= 4 is 18.2 Å². The van der Waals surface area contributed by atoms with Crippen molar-refractivity contribution in [2.75, 3.05) is 26.2 Å². The Balaban J connectivity index is 0.000000441. The maximum Gasteiger partial charge on any atom is 0.251 e. The van der Waals surface area contributed by atoms with Gasteiger partial charge in [0.2, 0.25) is 12.3 Å². The Morgan fingerprint density at radius 2 is 1.65 bits per heavy atom. The zero-order valence-electron chi connectivity index (χ0n) is 27.0. The minimum Gasteiger partial charge on any atom is -0.356 e. The zero-order valence-corrected chi connectivity index (χ0v) is 27.0. The lowest BCUT2D eigenvalue weighted by Crippen LogP contribution is -2.41. The Kier molecular flexibility index (Phi) is 19.6. The number of amides is 3. The molecule has 8 heteroatoms. The van der Waals surface area contributed by atoms with Crippen LogP contribution in [0.4, 0.5) is 4.39 Å². The van der Waals surface area contributed by atoms with Crippen LogP contribution in [0, 0.1) is 31.5 Å². The van der Waals surface area contributed by atoms with Gasteiger partial charge >= 0.3 is 0 Å². The lowest BCUT2D eigenvalue weighted by molar-refractivity contribution is -0.125. The zero-order chi connectivity index (χ0) is 32.0. The molecule has 0 radical (unpaired) electrons. The monoisotopic (exact) mass is 598 g/mol. The molecular weight excluding hydrogens is 543 g/mol. The molecule has 0 saturated heterocycles. The number of carbonyl (C=O) groups is 3. The van der Waals surface area contributed by atoms with Crippen LogP contribution in [-0.2, 0) is 9.59 Å². The summed E-state index contributed by atoms with van der Waals surface area (Å²) in [7, 11) is 0. The number of rotatable bonds is 13. The number of hydrogen-bond acceptors (Lipinski definition) is 4. The van der Waals surface area contributed by atoms with E-state index < -0.39 is 0 Å². The van der Waals surface area contributed by atoms with Gasteiger partial charge in [-0.2, -0.15) is 0 Å². The highest BCUT2D eigenvalue weighted by atomic mass is 19.1. The second-order valence-corrected chi connectivity index (χ2v) is 11.6. The minimum absolute atomic E-state index is 0.0658. The predicted octanol–water partition coefficient (Wildman–Crippen LogP) is 6.17. The highest BCUT2D eigenvalue weighted by Crippen LogP contribution is 2.22. The summed E-state index contributed by atoms with van der Waals surface area (Å²) in [6, 6.07) is 13.9. The second kappa shape index (κ2) is 22.3. The number of aryl methyl sites for hydroxylation is 2. The third-order valence-corrected chi connectivity index (χ3v) is 7.45. The SMILES string of the molecule is CCCN(C=O)CCC.Cc1cccc(C(=O)NCC(N)CC(C)C(=O)NCC2CCCCC2)c1.Cc1ccccc1F. The van der Waals surface area contributed by atoms with Crippen LogP contribution in [0.1, 0.15) is 93.6 Å². The molecule has 7 nitrogen and oxygen atoms in total. The standard InChI is InChI=1S/C21H33N3O2.C7H7F.C7H15NO/c1-15-7-6-10-18(11-15)21(26)24-14-19(22)12-16(2)20(25)23-13-17-8-4-3-5-9-17;1-6-4-2-3-5-7(6)8;1-3-5-8(7-9)6-4-2/h6-7,10-11,16-17,19H,3-5,8-9,12-14,22H2,1-2H3,(H,23,25)(H,24,26);2-5H,1H3;7H,3-6H2,1-2H3. The van der Waals surface area contributed by atoms with E-state index >= 15 is 0 Å². The van der Waals surface area contributed by atoms with Crippen molar-refractivity contribution in [3.8, 4) is 0 Å². The largest absolute Gasteiger partial charge is 0.356 e. The summed E-state index contributed by atoms with van der Waals surface area (Å²) in [4.78, 5) is 36.4. The molecule has 0 bridgehead atoms. The van der Waals surface area contributed by atoms with Crippen LogP contribution in [0.5, 0.6) is 0 Å². The van der Waals surface area contributed by atoms with Crippen LogP contribution in [0.2, 0.25) is 0 Å². The first-order chi connectivity index (χ1) is 20.6. The number of nitrogens with two attached hydrogens (primary N) is 1. The van der Waals surface area contributed by atoms with Gasteiger partial charge in [-0.3, -0.25) is 14.4 Å². The Hall–Kier alpha value is -3.26. The molecule has 1 fully saturated rings. The molecule has 0 heterocycles. The van der Waals surface area contributed by atoms with Crippen LogP contribution in [0.3, 0.4) is 0 Å². The fraction of sp³-hybridized carbons (Fsp3) is 0.571. The molecule has 2 aromatic rings. The molecule has 2 aromatic carbocycles. The molecule has 1 aliphatic rings. The maximum atomic E-state index is 12.3. The quantitative estimate of drug-likeness (QED) is 0.240. The smallest absolute Gasteiger partial charge is 0.251 e. The molecule has 0 spiro atoms. The summed E-state index contributed by atoms with van der Waals surface area (Å²) in [5, 5.41) is 5.93. The molecule has 240 valence electrons. The predicted molar refractivity (Wildman–Crippen MR) is 174 cm³/mol. The average Bonchev–Trinajstić information content (AvgIpc) is 3.01. The number of halogens is 1. The molecule has 0 aromatic heterocycles. The summed E-state index contributed by atoms with van der Waals surface area (Å²) in [5.74, 6) is 0.286. The van der Waals surface area contributed by atoms with E-state index in [1.54, 1.807) is 30.0 Å². The van der Waals surface area contributed by atoms with Gasteiger partial charge < -0.3 is 21.3 Å². The van der Waals surface area contributed by atoms with Crippen LogP contribution < -0.4 is 16.4 Å². The molecule has 2 atom stereocenters. The number of benzene rings is 2. The van der Waals surface area contributed by atoms with Gasteiger partial charge in [-0.05, 0) is 75.6 Å². The van der Waals surface area contributed by atoms with E-state index in [1.807, 2.05) is 38.1 Å². The Labute approximate surface area is 259 Å². The van der Waals surface area contributed by atoms with E-state index in [-0.39, 0.29) is 29.6 Å². The summed E-state index contributed by atoms with van der Waals surface area (Å²) in [6.45, 7) is 12.7. The molecule has 1 aliphatic carbocycles. The van der Waals surface area contributed by atoms with Crippen molar-refractivity contribution in [1.82, 2.24) is 15.5 Å². The molecule has 2 unspecified atom stereocenters. The first-order valence-corrected chi connectivity index (χ1v) is 15.9. The molecule has 1 saturated carbocycles. The van der Waals surface area contributed by atoms with Crippen molar-refractivity contribution in [2.45, 2.75) is 92.0 Å². The summed E-state index contributed by atoms with van der Waals surface area (Å²) in [6.07, 6.45) is 9.92. The normalized spacial score (nSPS) is 14.1. The van der Waals surface area contributed by atoms with Gasteiger partial charge in [-0.15, -0.1) is 0 Å². The molecule has 4 N–H and O–H groups in total. The van der Waals surface area contributed by atoms with Crippen molar-refractivity contribution in [2.24, 2.45) is 17.6 Å². The topological polar surface area (TPSA) is 105 Å². The first kappa shape index (κ1) is 37.8. The maximum absolute atomic E-state index is 12.3. The molecule has 43 heavy (non-hydrogen) atoms. The van der Waals surface area contributed by atoms with Gasteiger partial charge in [-0.1, -0.05) is 75.9 Å². The number of nitrogens with one attached hydrogen (secondary N) is 2. The third-order valence-electron chi connectivity index (χ3n) is 7.45. The van der Waals surface area contributed by atoms with Crippen LogP contribution in [0.25, 0.3) is 0 Å². The van der Waals surface area contributed by atoms with Gasteiger partial charge in [0.1, 0.15) is 5.82 Å². The molecular formula is C35H55FN4O3. The van der Waals surface area contributed by atoms with Crippen molar-refractivity contribution in [3.63, 3.8) is 0 Å². The lowest BCUT2D eigenvalue weighted by atomic mass is 9.89. The van der Waals surface area contributed by atoms with Crippen molar-refractivity contribution in [1.29, 1.82) is 0 Å². The second-order valence-electron chi connectivity index (χ2n) is 11.6. The highest BCUT2D eigenvalue weighted by molar-refractivity contribution is 5.94. The fourth-order valence-electron chi connectivity index (χ4n) is 4.91. The van der Waals surface area contributed by atoms with Gasteiger partial charge in [0, 0.05) is 43.7 Å². The van der Waals surface area contributed by atoms with Crippen molar-refractivity contribution in [3.05, 3.63) is 71.0 Å². The van der Waals surface area contributed by atoms with E-state index in [2.05, 4.69) is 24.5 Å². The molecule has 3 rings (SSSR count). The van der Waals surface area contributed by atoms with Crippen molar-refractivity contribution < 1.29 is 18.8 Å². The Morgan fingerprint density at radius 1 is 1.00 bits per heavy atom. The van der Waals surface area contributed by atoms with E-state index in [0.717, 1.165) is 44.4 Å². The van der Waals surface area contributed by atoms with E-state index in [4.69, 9.17) is 5.73 Å². The van der Waals surface area contributed by atoms with Crippen LogP contribution in [-0.4, -0.2) is 55.3 Å². The van der Waals surface area contributed by atoms with Gasteiger partial charge in [0.25, 0.3) is 5.91 Å². The number of nitrogens with zero attached hydrogens (tertiary/aromatic N) is 1. The average molecular weight is 599 g/mol. The van der Waals surface area contributed by atoms with E-state index in [1.165, 1.54) is 38.2 Å². The van der Waals surface area contributed by atoms with Crippen LogP contribution in [0.15, 0.2) is 48.5 Å². The third kappa shape index (κ3) is 16.8. The fourth-order valence-corrected chi connectivity index (χ4v) is 4.91. The Morgan fingerprint density at radius 3 is 2.19 bits per heavy atom. The molecule has 3 amide bonds. The van der Waals surface area contributed by atoms with Crippen LogP contribution >= 0.6 is 0 Å². The highest BCUT2D eigenvalue weighted by Gasteiger charge is 2.19. The minimum atomic E-state index is -0.237. The van der Waals surface area contributed by atoms with E-state index in [9.17, 15) is 18.8 Å². The van der Waals surface area contributed by atoms with E-state index in [0.29, 0.717) is 30.0 Å². The Bertz CT molecular complexity index is 1050. The summed E-state index contributed by atoms with van der Waals surface area (Å²) in [5.41, 5.74) is 8.50. The van der Waals surface area contributed by atoms with Gasteiger partial charge in [0.05, 0.1) is 0 Å². The number of hydrogen-bond donors (Lipinski definition) is 3. The summed E-state index contributed by atoms with van der Waals surface area (Å²) < 4.78 is 12.3. The first-order valence-electron chi connectivity index (χ1n) is 15.9. The summed E-state index contributed by atoms with van der Waals surface area (Å²) >= 11 is 0. The van der Waals surface area contributed by atoms with Gasteiger partial charge in [-0.25, -0.2) is 4.39 Å². The van der Waals surface area contributed by atoms with Gasteiger partial charge in [0.15, 0.2) is 0 Å². The number of carbonyl (C=O) groups excluding carboxylic acids is 3. The lowest BCUT2D eigenvalue weighted by Gasteiger charge is -2.23.